The molecular formula is C25H21ClN3NaO5S. The predicted molar refractivity (Wildman–Crippen MR) is 133 cm³/mol. The second-order valence-electron chi connectivity index (χ2n) is 7.79. The Bertz CT molecular complexity index is 1410. The van der Waals surface area contributed by atoms with Gasteiger partial charge in [0.05, 0.1) is 28.1 Å². The zero-order valence-electron chi connectivity index (χ0n) is 19.8. The van der Waals surface area contributed by atoms with Gasteiger partial charge < -0.3 is 19.1 Å². The summed E-state index contributed by atoms with van der Waals surface area (Å²) in [6.07, 6.45) is 3.50. The van der Waals surface area contributed by atoms with E-state index in [-0.39, 0.29) is 54.0 Å². The molecule has 0 aliphatic carbocycles. The van der Waals surface area contributed by atoms with Crippen molar-refractivity contribution in [1.29, 1.82) is 0 Å². The van der Waals surface area contributed by atoms with Crippen LogP contribution in [0.5, 0.6) is 0 Å². The van der Waals surface area contributed by atoms with Crippen LogP contribution in [0, 0.1) is 6.57 Å². The molecule has 2 aliphatic rings. The number of allylic oxidation sites excluding steroid dienone is 3. The molecule has 0 spiro atoms. The molecule has 0 aromatic heterocycles. The minimum atomic E-state index is -4.36. The normalized spacial score (nSPS) is 17.3. The number of fused-ring (bicyclic) bond motifs is 1. The summed E-state index contributed by atoms with van der Waals surface area (Å²) >= 11 is 6.24. The fourth-order valence-corrected chi connectivity index (χ4v) is 4.80. The van der Waals surface area contributed by atoms with Gasteiger partial charge in [-0.05, 0) is 49.3 Å². The van der Waals surface area contributed by atoms with Gasteiger partial charge in [-0.1, -0.05) is 41.9 Å². The average Bonchev–Trinajstić information content (AvgIpc) is 3.30. The predicted octanol–water partition coefficient (Wildman–Crippen LogP) is 1.54. The van der Waals surface area contributed by atoms with Crippen LogP contribution in [0.4, 0.5) is 11.4 Å². The van der Waals surface area contributed by atoms with Crippen molar-refractivity contribution in [3.05, 3.63) is 100.0 Å². The van der Waals surface area contributed by atoms with Crippen LogP contribution in [0.2, 0.25) is 5.02 Å². The molecule has 36 heavy (non-hydrogen) atoms. The Balaban J connectivity index is 0.00000361. The van der Waals surface area contributed by atoms with Crippen molar-refractivity contribution in [2.75, 3.05) is 28.6 Å². The Kier molecular flexibility index (Phi) is 9.06. The average molecular weight is 534 g/mol. The Labute approximate surface area is 237 Å². The number of rotatable bonds is 7. The molecule has 8 nitrogen and oxygen atoms in total. The smallest absolute Gasteiger partial charge is 0.748 e. The van der Waals surface area contributed by atoms with Gasteiger partial charge in [-0.25, -0.2) is 13.3 Å². The number of halogens is 1. The van der Waals surface area contributed by atoms with E-state index in [0.717, 1.165) is 11.4 Å². The second-order valence-corrected chi connectivity index (χ2v) is 9.75. The number of esters is 1. The zero-order chi connectivity index (χ0) is 25.2. The van der Waals surface area contributed by atoms with Gasteiger partial charge in [-0.3, -0.25) is 4.79 Å². The third-order valence-corrected chi connectivity index (χ3v) is 6.63. The van der Waals surface area contributed by atoms with E-state index in [1.54, 1.807) is 36.4 Å². The summed E-state index contributed by atoms with van der Waals surface area (Å²) in [4.78, 5) is 19.6. The van der Waals surface area contributed by atoms with Crippen LogP contribution in [0.25, 0.3) is 10.4 Å². The van der Waals surface area contributed by atoms with Crippen LogP contribution >= 0.6 is 11.6 Å². The van der Waals surface area contributed by atoms with Gasteiger partial charge in [0, 0.05) is 29.4 Å². The summed E-state index contributed by atoms with van der Waals surface area (Å²) in [6.45, 7) is 10.3. The van der Waals surface area contributed by atoms with Crippen LogP contribution in [-0.4, -0.2) is 37.8 Å². The first-order valence-corrected chi connectivity index (χ1v) is 12.8. The number of anilines is 2. The van der Waals surface area contributed by atoms with Gasteiger partial charge in [0.2, 0.25) is 0 Å². The molecule has 2 aliphatic heterocycles. The molecule has 2 aromatic carbocycles. The summed E-state index contributed by atoms with van der Waals surface area (Å²) in [5.41, 5.74) is 2.65. The van der Waals surface area contributed by atoms with E-state index in [0.29, 0.717) is 28.5 Å². The molecule has 0 atom stereocenters. The van der Waals surface area contributed by atoms with Gasteiger partial charge in [0.25, 0.3) is 5.70 Å². The summed E-state index contributed by atoms with van der Waals surface area (Å²) in [7, 11) is -4.36. The van der Waals surface area contributed by atoms with E-state index < -0.39 is 21.8 Å². The number of carbonyl (C=O) groups excluding carboxylic acids is 1. The first kappa shape index (κ1) is 28.0. The van der Waals surface area contributed by atoms with Crippen LogP contribution in [0.15, 0.2) is 78.0 Å². The van der Waals surface area contributed by atoms with E-state index in [1.165, 1.54) is 0 Å². The fourth-order valence-electron chi connectivity index (χ4n) is 4.15. The molecule has 0 N–H and O–H groups in total. The van der Waals surface area contributed by atoms with E-state index >= 15 is 0 Å². The molecule has 0 radical (unpaired) electrons. The fraction of sp³-hybridized carbons (Fsp3) is 0.200. The maximum absolute atomic E-state index is 12.4. The largest absolute Gasteiger partial charge is 1.00 e. The van der Waals surface area contributed by atoms with Gasteiger partial charge in [-0.15, -0.1) is 0 Å². The van der Waals surface area contributed by atoms with Gasteiger partial charge in [0.15, 0.2) is 0 Å². The summed E-state index contributed by atoms with van der Waals surface area (Å²) < 4.78 is 38.9. The molecule has 0 saturated heterocycles. The quantitative estimate of drug-likeness (QED) is 0.231. The number of carbonyl (C=O) groups is 1. The molecule has 2 heterocycles. The number of hydrogen-bond donors (Lipinski definition) is 0. The molecule has 0 amide bonds. The molecule has 0 fully saturated rings. The molecule has 0 bridgehead atoms. The summed E-state index contributed by atoms with van der Waals surface area (Å²) in [5, 5.41) is 0.515. The zero-order valence-corrected chi connectivity index (χ0v) is 23.3. The van der Waals surface area contributed by atoms with Crippen LogP contribution < -0.4 is 39.4 Å². The number of benzene rings is 2. The molecular weight excluding hydrogens is 513 g/mol. The third-order valence-electron chi connectivity index (χ3n) is 5.60. The van der Waals surface area contributed by atoms with Crippen molar-refractivity contribution >= 4 is 44.6 Å². The van der Waals surface area contributed by atoms with Crippen molar-refractivity contribution in [3.63, 3.8) is 0 Å². The van der Waals surface area contributed by atoms with Crippen molar-refractivity contribution in [1.82, 2.24) is 0 Å². The van der Waals surface area contributed by atoms with Crippen molar-refractivity contribution in [2.45, 2.75) is 13.3 Å². The third kappa shape index (κ3) is 5.86. The minimum absolute atomic E-state index is 0. The molecule has 0 unspecified atom stereocenters. The molecule has 11 heteroatoms. The van der Waals surface area contributed by atoms with E-state index in [4.69, 9.17) is 22.9 Å². The van der Waals surface area contributed by atoms with E-state index in [1.807, 2.05) is 41.0 Å². The topological polar surface area (TPSA) is 94.3 Å². The van der Waals surface area contributed by atoms with Crippen LogP contribution in [0.1, 0.15) is 18.9 Å². The monoisotopic (exact) mass is 533 g/mol. The maximum Gasteiger partial charge on any atom is 1.00 e. The van der Waals surface area contributed by atoms with Crippen molar-refractivity contribution in [3.8, 4) is 0 Å². The van der Waals surface area contributed by atoms with E-state index in [2.05, 4.69) is 4.85 Å². The number of cyclic esters (lactones) is 1. The van der Waals surface area contributed by atoms with Crippen molar-refractivity contribution < 1.29 is 52.1 Å². The summed E-state index contributed by atoms with van der Waals surface area (Å²) in [5.74, 6) is -0.269. The van der Waals surface area contributed by atoms with Crippen LogP contribution in [-0.2, 0) is 19.6 Å². The van der Waals surface area contributed by atoms with Crippen molar-refractivity contribution in [2.24, 2.45) is 0 Å². The van der Waals surface area contributed by atoms with Gasteiger partial charge in [-0.2, -0.15) is 0 Å². The van der Waals surface area contributed by atoms with Crippen LogP contribution in [0.3, 0.4) is 0 Å². The first-order chi connectivity index (χ1) is 16.7. The molecule has 180 valence electrons. The Morgan fingerprint density at radius 1 is 1.11 bits per heavy atom. The second kappa shape index (κ2) is 11.6. The molecule has 4 rings (SSSR count). The Hall–Kier alpha value is -2.58. The Morgan fingerprint density at radius 2 is 1.83 bits per heavy atom. The Morgan fingerprint density at radius 3 is 2.47 bits per heavy atom. The number of ether oxygens (including phenoxy) is 1. The minimum Gasteiger partial charge on any atom is -0.748 e. The molecule has 0 saturated carbocycles. The van der Waals surface area contributed by atoms with Gasteiger partial charge in [0.1, 0.15) is 11.6 Å². The number of nitrogens with zero attached hydrogens (tertiary/aromatic N) is 3. The maximum atomic E-state index is 12.4. The first-order valence-electron chi connectivity index (χ1n) is 10.8. The summed E-state index contributed by atoms with van der Waals surface area (Å²) in [6, 6.07) is 14.5. The van der Waals surface area contributed by atoms with E-state index in [9.17, 15) is 17.8 Å². The standard InChI is InChI=1S/C25H22ClN3O5S.Na/c1-3-28-19-11-10-18(26)16-20(19)29(14-7-15-35(31,32)33)22(28)13-12-21-23(17-8-5-4-6-9-17)24(27-2)25(30)34-21;/h4-6,8-13,16H,3,7,14-15H2,1H3,(H,31,32,33);/q;+1/p-1/b21-12-,22-13+;. The SMILES string of the molecule is [C-]#[N+]C1=C(c2ccccc2)/C(=C/C=C2\N(CC)c3ccc(Cl)cc3N2CCCS(=O)(=O)[O-])OC1=O.[Na+]. The van der Waals surface area contributed by atoms with Gasteiger partial charge >= 0.3 is 35.5 Å². The number of hydrogen-bond acceptors (Lipinski definition) is 7. The molecule has 2 aromatic rings.